The van der Waals surface area contributed by atoms with Gasteiger partial charge < -0.3 is 15.4 Å². The smallest absolute Gasteiger partial charge is 0.229 e. The van der Waals surface area contributed by atoms with Gasteiger partial charge in [-0.15, -0.1) is 0 Å². The van der Waals surface area contributed by atoms with E-state index >= 15 is 0 Å². The summed E-state index contributed by atoms with van der Waals surface area (Å²) in [4.78, 5) is 17.0. The van der Waals surface area contributed by atoms with Crippen molar-refractivity contribution < 1.29 is 9.53 Å². The highest BCUT2D eigenvalue weighted by Crippen LogP contribution is 2.26. The van der Waals surface area contributed by atoms with E-state index in [1.54, 1.807) is 7.11 Å². The maximum absolute atomic E-state index is 12.6. The number of hydrogen-bond acceptors (Lipinski definition) is 4. The molecule has 0 bridgehead atoms. The van der Waals surface area contributed by atoms with Crippen molar-refractivity contribution in [2.24, 2.45) is 5.41 Å². The Morgan fingerprint density at radius 3 is 3.04 bits per heavy atom. The monoisotopic (exact) mass is 313 g/mol. The predicted molar refractivity (Wildman–Crippen MR) is 90.3 cm³/mol. The Kier molecular flexibility index (Phi) is 4.88. The molecule has 0 radical (unpaired) electrons. The quantitative estimate of drug-likeness (QED) is 0.849. The summed E-state index contributed by atoms with van der Waals surface area (Å²) in [6.45, 7) is 2.62. The van der Waals surface area contributed by atoms with Crippen molar-refractivity contribution in [3.63, 3.8) is 0 Å². The summed E-state index contributed by atoms with van der Waals surface area (Å²) >= 11 is 0. The third kappa shape index (κ3) is 3.35. The summed E-state index contributed by atoms with van der Waals surface area (Å²) in [6, 6.07) is 10.2. The number of amides is 1. The average molecular weight is 313 g/mol. The van der Waals surface area contributed by atoms with Crippen LogP contribution in [0.25, 0.3) is 10.9 Å². The zero-order valence-electron chi connectivity index (χ0n) is 13.5. The Morgan fingerprint density at radius 1 is 1.39 bits per heavy atom. The first-order valence-corrected chi connectivity index (χ1v) is 8.06. The molecule has 122 valence electrons. The fourth-order valence-electron chi connectivity index (χ4n) is 3.27. The number of carbonyl (C=O) groups is 1. The van der Waals surface area contributed by atoms with Crippen LogP contribution in [0.15, 0.2) is 36.5 Å². The predicted octanol–water partition coefficient (Wildman–Crippen LogP) is 1.52. The van der Waals surface area contributed by atoms with Crippen molar-refractivity contribution >= 4 is 16.8 Å². The molecule has 1 fully saturated rings. The van der Waals surface area contributed by atoms with Crippen molar-refractivity contribution in [2.45, 2.75) is 12.8 Å². The molecule has 3 rings (SSSR count). The second-order valence-electron chi connectivity index (χ2n) is 6.14. The first-order chi connectivity index (χ1) is 11.2. The SMILES string of the molecule is COCC1(C(=O)NCCc2cccc3cccnc23)CCNC1. The molecule has 1 aromatic heterocycles. The third-order valence-corrected chi connectivity index (χ3v) is 4.54. The minimum Gasteiger partial charge on any atom is -0.384 e. The number of para-hydroxylation sites is 1. The zero-order valence-corrected chi connectivity index (χ0v) is 13.5. The van der Waals surface area contributed by atoms with Gasteiger partial charge in [-0.25, -0.2) is 0 Å². The molecule has 1 atom stereocenters. The molecule has 2 heterocycles. The number of aromatic nitrogens is 1. The maximum Gasteiger partial charge on any atom is 0.229 e. The number of pyridine rings is 1. The lowest BCUT2D eigenvalue weighted by Crippen LogP contribution is -2.46. The highest BCUT2D eigenvalue weighted by molar-refractivity contribution is 5.84. The van der Waals surface area contributed by atoms with E-state index < -0.39 is 5.41 Å². The minimum absolute atomic E-state index is 0.0811. The van der Waals surface area contributed by atoms with Gasteiger partial charge in [-0.2, -0.15) is 0 Å². The van der Waals surface area contributed by atoms with Gasteiger partial charge in [0.1, 0.15) is 0 Å². The molecule has 0 spiro atoms. The summed E-state index contributed by atoms with van der Waals surface area (Å²) in [5, 5.41) is 7.47. The standard InChI is InChI=1S/C18H23N3O2/c1-23-13-18(8-11-19-12-18)17(22)21-10-7-15-5-2-4-14-6-3-9-20-16(14)15/h2-6,9,19H,7-8,10-13H2,1H3,(H,21,22). The maximum atomic E-state index is 12.6. The minimum atomic E-state index is -0.425. The fraction of sp³-hybridized carbons (Fsp3) is 0.444. The summed E-state index contributed by atoms with van der Waals surface area (Å²) in [5.74, 6) is 0.0811. The van der Waals surface area contributed by atoms with Gasteiger partial charge >= 0.3 is 0 Å². The summed E-state index contributed by atoms with van der Waals surface area (Å²) in [7, 11) is 1.65. The second-order valence-corrected chi connectivity index (χ2v) is 6.14. The fourth-order valence-corrected chi connectivity index (χ4v) is 3.27. The molecule has 1 aliphatic heterocycles. The molecule has 1 unspecified atom stereocenters. The number of nitrogens with zero attached hydrogens (tertiary/aromatic N) is 1. The molecule has 1 aromatic carbocycles. The van der Waals surface area contributed by atoms with Crippen molar-refractivity contribution in [1.29, 1.82) is 0 Å². The molecule has 23 heavy (non-hydrogen) atoms. The van der Waals surface area contributed by atoms with E-state index in [1.165, 1.54) is 0 Å². The van der Waals surface area contributed by atoms with E-state index in [4.69, 9.17) is 4.74 Å². The Morgan fingerprint density at radius 2 is 2.26 bits per heavy atom. The Labute approximate surface area is 136 Å². The van der Waals surface area contributed by atoms with Gasteiger partial charge in [0.25, 0.3) is 0 Å². The van der Waals surface area contributed by atoms with Crippen LogP contribution in [0.5, 0.6) is 0 Å². The van der Waals surface area contributed by atoms with Crippen LogP contribution in [0.4, 0.5) is 0 Å². The van der Waals surface area contributed by atoms with Crippen molar-refractivity contribution in [2.75, 3.05) is 33.4 Å². The summed E-state index contributed by atoms with van der Waals surface area (Å²) in [6.07, 6.45) is 3.40. The zero-order chi connectivity index (χ0) is 16.1. The molecular formula is C18H23N3O2. The lowest BCUT2D eigenvalue weighted by molar-refractivity contribution is -0.132. The molecule has 5 nitrogen and oxygen atoms in total. The molecule has 2 aromatic rings. The highest BCUT2D eigenvalue weighted by atomic mass is 16.5. The lowest BCUT2D eigenvalue weighted by atomic mass is 9.87. The molecule has 5 heteroatoms. The number of benzene rings is 1. The third-order valence-electron chi connectivity index (χ3n) is 4.54. The first-order valence-electron chi connectivity index (χ1n) is 8.06. The summed E-state index contributed by atoms with van der Waals surface area (Å²) < 4.78 is 5.26. The number of nitrogens with one attached hydrogen (secondary N) is 2. The molecule has 0 aliphatic carbocycles. The number of carbonyl (C=O) groups excluding carboxylic acids is 1. The summed E-state index contributed by atoms with van der Waals surface area (Å²) in [5.41, 5.74) is 1.75. The number of ether oxygens (including phenoxy) is 1. The van der Waals surface area contributed by atoms with E-state index in [9.17, 15) is 4.79 Å². The number of hydrogen-bond donors (Lipinski definition) is 2. The van der Waals surface area contributed by atoms with Crippen LogP contribution in [0.3, 0.4) is 0 Å². The molecule has 1 aliphatic rings. The molecule has 1 amide bonds. The number of fused-ring (bicyclic) bond motifs is 1. The van der Waals surface area contributed by atoms with E-state index in [-0.39, 0.29) is 5.91 Å². The van der Waals surface area contributed by atoms with Gasteiger partial charge in [0.05, 0.1) is 17.5 Å². The largest absolute Gasteiger partial charge is 0.384 e. The second kappa shape index (κ2) is 7.06. The van der Waals surface area contributed by atoms with Gasteiger partial charge in [0, 0.05) is 31.8 Å². The van der Waals surface area contributed by atoms with E-state index in [0.29, 0.717) is 19.7 Å². The van der Waals surface area contributed by atoms with Crippen LogP contribution in [0.1, 0.15) is 12.0 Å². The van der Waals surface area contributed by atoms with Crippen molar-refractivity contribution in [3.8, 4) is 0 Å². The van der Waals surface area contributed by atoms with Crippen LogP contribution in [-0.4, -0.2) is 44.2 Å². The van der Waals surface area contributed by atoms with Gasteiger partial charge in [-0.1, -0.05) is 24.3 Å². The number of rotatable bonds is 6. The normalized spacial score (nSPS) is 20.7. The van der Waals surface area contributed by atoms with Crippen molar-refractivity contribution in [3.05, 3.63) is 42.1 Å². The Hall–Kier alpha value is -1.98. The van der Waals surface area contributed by atoms with E-state index in [0.717, 1.165) is 35.9 Å². The van der Waals surface area contributed by atoms with Crippen molar-refractivity contribution in [1.82, 2.24) is 15.6 Å². The Bertz CT molecular complexity index is 676. The average Bonchev–Trinajstić information content (AvgIpc) is 3.05. The van der Waals surface area contributed by atoms with Crippen LogP contribution in [0.2, 0.25) is 0 Å². The van der Waals surface area contributed by atoms with E-state index in [1.807, 2.05) is 18.3 Å². The van der Waals surface area contributed by atoms with Crippen LogP contribution < -0.4 is 10.6 Å². The number of methoxy groups -OCH3 is 1. The molecular weight excluding hydrogens is 290 g/mol. The molecule has 2 N–H and O–H groups in total. The van der Waals surface area contributed by atoms with Crippen LogP contribution >= 0.6 is 0 Å². The first kappa shape index (κ1) is 15.9. The Balaban J connectivity index is 1.63. The molecule has 1 saturated heterocycles. The van der Waals surface area contributed by atoms with Gasteiger partial charge in [-0.3, -0.25) is 9.78 Å². The van der Waals surface area contributed by atoms with Gasteiger partial charge in [0.2, 0.25) is 5.91 Å². The van der Waals surface area contributed by atoms with Gasteiger partial charge in [0.15, 0.2) is 0 Å². The highest BCUT2D eigenvalue weighted by Gasteiger charge is 2.41. The van der Waals surface area contributed by atoms with Crippen LogP contribution in [-0.2, 0) is 16.0 Å². The lowest BCUT2D eigenvalue weighted by Gasteiger charge is -2.26. The molecule has 0 saturated carbocycles. The van der Waals surface area contributed by atoms with Crippen LogP contribution in [0, 0.1) is 5.41 Å². The van der Waals surface area contributed by atoms with Gasteiger partial charge in [-0.05, 0) is 31.0 Å². The topological polar surface area (TPSA) is 63.2 Å². The van der Waals surface area contributed by atoms with E-state index in [2.05, 4.69) is 33.8 Å².